The zero-order valence-electron chi connectivity index (χ0n) is 59.6. The lowest BCUT2D eigenvalue weighted by atomic mass is 10.1. The SMILES string of the molecule is N=C(N)CCCCC[C@H](N)C(=O)NCCCN(CCCNC(=O)[C@@H](N)CCCCCC(=N)N)CCCN(CCCN(CCCNC(=O)[C@@H](N)CCCCCC(=N)N)CCCNC(=O)[C@@H](N)CCCCCC(=N)N)CCOc1ccc(CCCCN=C(N)NC(=O)c2cnc(N)c(Cl)n2)cc1. The van der Waals surface area contributed by atoms with Crippen LogP contribution in [0.5, 0.6) is 5.75 Å². The molecule has 0 aliphatic heterocycles. The lowest BCUT2D eigenvalue weighted by Crippen LogP contribution is -2.42. The van der Waals surface area contributed by atoms with Crippen molar-refractivity contribution in [3.05, 3.63) is 46.9 Å². The largest absolute Gasteiger partial charge is 0.492 e. The molecule has 0 spiro atoms. The second-order valence-electron chi connectivity index (χ2n) is 25.8. The van der Waals surface area contributed by atoms with Crippen LogP contribution in [0.4, 0.5) is 5.82 Å². The van der Waals surface area contributed by atoms with Crippen LogP contribution >= 0.6 is 11.6 Å². The third-order valence-corrected chi connectivity index (χ3v) is 17.2. The Bertz CT molecular complexity index is 2500. The van der Waals surface area contributed by atoms with Crippen LogP contribution in [0.15, 0.2) is 35.5 Å². The van der Waals surface area contributed by atoms with Gasteiger partial charge in [0.1, 0.15) is 18.1 Å². The van der Waals surface area contributed by atoms with Crippen molar-refractivity contribution in [2.24, 2.45) is 56.6 Å². The first kappa shape index (κ1) is 88.7. The van der Waals surface area contributed by atoms with Crippen LogP contribution in [0.25, 0.3) is 0 Å². The maximum absolute atomic E-state index is 13.0. The quantitative estimate of drug-likeness (QED) is 0.0257. The van der Waals surface area contributed by atoms with Gasteiger partial charge in [0.25, 0.3) is 5.91 Å². The van der Waals surface area contributed by atoms with Gasteiger partial charge in [-0.05, 0) is 179 Å². The van der Waals surface area contributed by atoms with E-state index < -0.39 is 30.1 Å². The van der Waals surface area contributed by atoms with Crippen LogP contribution < -0.4 is 88.7 Å². The Labute approximate surface area is 598 Å². The van der Waals surface area contributed by atoms with Gasteiger partial charge in [0.2, 0.25) is 23.6 Å². The molecule has 29 N–H and O–H groups in total. The molecule has 2 aromatic rings. The fourth-order valence-corrected chi connectivity index (χ4v) is 11.1. The number of nitrogens with one attached hydrogen (secondary N) is 9. The average molecular weight is 1430 g/mol. The average Bonchev–Trinajstić information content (AvgIpc) is 1.14. The summed E-state index contributed by atoms with van der Waals surface area (Å²) in [5, 5.41) is 44.3. The number of amidine groups is 4. The van der Waals surface area contributed by atoms with Crippen molar-refractivity contribution in [2.75, 3.05) is 104 Å². The van der Waals surface area contributed by atoms with Crippen LogP contribution in [0.2, 0.25) is 5.15 Å². The molecule has 31 nitrogen and oxygen atoms in total. The Morgan fingerprint density at radius 3 is 1.17 bits per heavy atom. The van der Waals surface area contributed by atoms with Crippen molar-refractivity contribution in [3.63, 3.8) is 0 Å². The van der Waals surface area contributed by atoms with Gasteiger partial charge in [0, 0.05) is 65.0 Å². The number of carbonyl (C=O) groups excluding carboxylic acids is 5. The number of amides is 5. The monoisotopic (exact) mass is 1420 g/mol. The van der Waals surface area contributed by atoms with E-state index in [1.54, 1.807) is 0 Å². The number of hydrogen-bond donors (Lipinski definition) is 19. The number of guanidine groups is 1. The highest BCUT2D eigenvalue weighted by molar-refractivity contribution is 6.31. The molecule has 2 rings (SSSR count). The highest BCUT2D eigenvalue weighted by Crippen LogP contribution is 2.16. The number of aryl methyl sites for hydroxylation is 1. The van der Waals surface area contributed by atoms with E-state index in [4.69, 9.17) is 95.3 Å². The Morgan fingerprint density at radius 1 is 0.470 bits per heavy atom. The smallest absolute Gasteiger partial charge is 0.278 e. The van der Waals surface area contributed by atoms with Gasteiger partial charge >= 0.3 is 0 Å². The first-order chi connectivity index (χ1) is 47.9. The highest BCUT2D eigenvalue weighted by Gasteiger charge is 2.19. The number of halogens is 1. The Morgan fingerprint density at radius 2 is 0.820 bits per heavy atom. The molecule has 566 valence electrons. The number of hydrogen-bond acceptors (Lipinski definition) is 21. The van der Waals surface area contributed by atoms with Crippen molar-refractivity contribution >= 4 is 76.3 Å². The van der Waals surface area contributed by atoms with E-state index in [1.807, 2.05) is 24.3 Å². The predicted molar refractivity (Wildman–Crippen MR) is 401 cm³/mol. The van der Waals surface area contributed by atoms with Crippen molar-refractivity contribution in [1.82, 2.24) is 51.3 Å². The number of rotatable bonds is 62. The Hall–Kier alpha value is -7.39. The summed E-state index contributed by atoms with van der Waals surface area (Å²) >= 11 is 5.91. The summed E-state index contributed by atoms with van der Waals surface area (Å²) in [5.41, 5.74) is 59.7. The fourth-order valence-electron chi connectivity index (χ4n) is 11.0. The number of nitrogens with zero attached hydrogens (tertiary/aromatic N) is 6. The van der Waals surface area contributed by atoms with E-state index in [0.29, 0.717) is 149 Å². The summed E-state index contributed by atoms with van der Waals surface area (Å²) in [6, 6.07) is 5.53. The van der Waals surface area contributed by atoms with Gasteiger partial charge < -0.3 is 93.1 Å². The van der Waals surface area contributed by atoms with Crippen LogP contribution in [-0.2, 0) is 25.6 Å². The molecular weight excluding hydrogens is 1300 g/mol. The normalized spacial score (nSPS) is 12.8. The number of aliphatic imine (C=N–C) groups is 1. The Balaban J connectivity index is 2.23. The summed E-state index contributed by atoms with van der Waals surface area (Å²) in [6.07, 6.45) is 21.8. The number of carbonyl (C=O) groups is 5. The molecule has 1 heterocycles. The number of benzene rings is 1. The molecule has 1 aromatic heterocycles. The molecule has 0 saturated heterocycles. The number of nitrogens with two attached hydrogens (primary N) is 10. The summed E-state index contributed by atoms with van der Waals surface area (Å²) in [5.74, 6) is -0.0420. The zero-order valence-corrected chi connectivity index (χ0v) is 60.3. The summed E-state index contributed by atoms with van der Waals surface area (Å²) < 4.78 is 6.39. The van der Waals surface area contributed by atoms with E-state index in [9.17, 15) is 24.0 Å². The molecule has 0 fully saturated rings. The van der Waals surface area contributed by atoms with Crippen LogP contribution in [0.1, 0.15) is 196 Å². The molecular formula is C68H126ClN25O6. The van der Waals surface area contributed by atoms with Crippen molar-refractivity contribution < 1.29 is 28.7 Å². The van der Waals surface area contributed by atoms with Crippen LogP contribution in [0, 0.1) is 21.6 Å². The van der Waals surface area contributed by atoms with Gasteiger partial charge in [0.15, 0.2) is 16.9 Å². The summed E-state index contributed by atoms with van der Waals surface area (Å²) in [7, 11) is 0. The Kier molecular flexibility index (Phi) is 49.1. The topological polar surface area (TPSA) is 558 Å². The van der Waals surface area contributed by atoms with Gasteiger partial charge in [-0.15, -0.1) is 0 Å². The van der Waals surface area contributed by atoms with Crippen LogP contribution in [-0.4, -0.2) is 206 Å². The minimum absolute atomic E-state index is 0.0125. The minimum Gasteiger partial charge on any atom is -0.492 e. The third kappa shape index (κ3) is 46.1. The fraction of sp³-hybridized carbons (Fsp3) is 0.706. The highest BCUT2D eigenvalue weighted by atomic mass is 35.5. The van der Waals surface area contributed by atoms with Crippen molar-refractivity contribution in [1.29, 1.82) is 21.6 Å². The lowest BCUT2D eigenvalue weighted by Gasteiger charge is -2.28. The van der Waals surface area contributed by atoms with Gasteiger partial charge in [-0.2, -0.15) is 0 Å². The molecule has 0 saturated carbocycles. The van der Waals surface area contributed by atoms with Crippen molar-refractivity contribution in [3.8, 4) is 5.75 Å². The first-order valence-electron chi connectivity index (χ1n) is 36.2. The standard InChI is InChI=1S/C68H126ClN25O6/c69-61-62(82)89-49-56(90-61)67(99)91-68(83)88-34-14-13-21-50-30-32-51(33-31-50)100-48-47-94(45-19-43-92(39-15-35-84-63(95)52(70)22-5-1-9-26-57(74)75)40-16-36-85-64(96)53(71)23-6-2-10-27-58(76)77)46-20-44-93(41-17-37-86-65(97)54(72)24-7-3-11-28-59(78)79)42-18-38-87-66(98)55(73)25-8-4-12-29-60(80)81/h30-33,49,52-55H,1-29,34-48,70-73H2,(H3,74,75)(H3,76,77)(H3,78,79)(H3,80,81)(H2,82,89)(H,84,95)(H,85,96)(H,86,97)(H,87,98)(H3,83,88,91,99)/t52-,53-,54-,55-/m0/s1. The number of unbranched alkanes of at least 4 members (excludes halogenated alkanes) is 9. The third-order valence-electron chi connectivity index (χ3n) is 16.9. The molecule has 0 bridgehead atoms. The van der Waals surface area contributed by atoms with E-state index in [-0.39, 0.29) is 69.6 Å². The van der Waals surface area contributed by atoms with E-state index in [0.717, 1.165) is 147 Å². The van der Waals surface area contributed by atoms with Gasteiger partial charge in [-0.3, -0.25) is 60.8 Å². The van der Waals surface area contributed by atoms with Gasteiger partial charge in [-0.1, -0.05) is 75.1 Å². The molecule has 1 aromatic carbocycles. The number of aromatic nitrogens is 2. The number of nitrogen functional groups attached to an aromatic ring is 1. The number of anilines is 1. The van der Waals surface area contributed by atoms with E-state index in [1.165, 1.54) is 6.20 Å². The number of ether oxygens (including phenoxy) is 1. The molecule has 0 aliphatic rings. The predicted octanol–water partition coefficient (Wildman–Crippen LogP) is 2.72. The molecule has 100 heavy (non-hydrogen) atoms. The molecule has 5 amide bonds. The minimum atomic E-state index is -0.628. The van der Waals surface area contributed by atoms with Gasteiger partial charge in [-0.25, -0.2) is 9.97 Å². The first-order valence-corrected chi connectivity index (χ1v) is 36.5. The zero-order chi connectivity index (χ0) is 73.7. The second-order valence-corrected chi connectivity index (χ2v) is 26.2. The summed E-state index contributed by atoms with van der Waals surface area (Å²) in [6.45, 7) is 9.12. The maximum Gasteiger partial charge on any atom is 0.278 e. The molecule has 0 unspecified atom stereocenters. The van der Waals surface area contributed by atoms with E-state index in [2.05, 4.69) is 56.2 Å². The van der Waals surface area contributed by atoms with Crippen LogP contribution in [0.3, 0.4) is 0 Å². The lowest BCUT2D eigenvalue weighted by molar-refractivity contribution is -0.123. The van der Waals surface area contributed by atoms with Crippen molar-refractivity contribution in [2.45, 2.75) is 210 Å². The van der Waals surface area contributed by atoms with Gasteiger partial charge in [0.05, 0.1) is 53.7 Å². The van der Waals surface area contributed by atoms with E-state index >= 15 is 0 Å². The molecule has 4 atom stereocenters. The second kappa shape index (κ2) is 55.3. The maximum atomic E-state index is 13.0. The molecule has 0 aliphatic carbocycles. The summed E-state index contributed by atoms with van der Waals surface area (Å²) in [4.78, 5) is 83.7. The molecule has 0 radical (unpaired) electrons. The molecule has 32 heteroatoms.